The quantitative estimate of drug-likeness (QED) is 0.655. The monoisotopic (exact) mass is 190 g/mol. The molecule has 0 aliphatic carbocycles. The van der Waals surface area contributed by atoms with Crippen LogP contribution in [0.25, 0.3) is 11.8 Å². The van der Waals surface area contributed by atoms with E-state index in [2.05, 4.69) is 13.2 Å². The van der Waals surface area contributed by atoms with Crippen molar-refractivity contribution in [2.75, 3.05) is 7.11 Å². The largest absolute Gasteiger partial charge is 0.497 e. The van der Waals surface area contributed by atoms with Gasteiger partial charge in [-0.1, -0.05) is 57.3 Å². The lowest BCUT2D eigenvalue weighted by Gasteiger charge is -2.06. The molecule has 0 aliphatic heterocycles. The Kier molecular flexibility index (Phi) is 6.21. The summed E-state index contributed by atoms with van der Waals surface area (Å²) in [4.78, 5) is 0. The second kappa shape index (κ2) is 6.96. The van der Waals surface area contributed by atoms with Gasteiger partial charge in [-0.3, -0.25) is 0 Å². The molecule has 0 radical (unpaired) electrons. The van der Waals surface area contributed by atoms with Crippen LogP contribution < -0.4 is 0 Å². The maximum absolute atomic E-state index is 5.04. The van der Waals surface area contributed by atoms with Crippen LogP contribution in [-0.2, 0) is 4.74 Å². The molecular formula is C13H18O. The number of hydrogen-bond acceptors (Lipinski definition) is 1. The average Bonchev–Trinajstić information content (AvgIpc) is 2.30. The highest BCUT2D eigenvalue weighted by molar-refractivity contribution is 5.68. The third-order valence-electron chi connectivity index (χ3n) is 1.73. The molecule has 1 heteroatoms. The van der Waals surface area contributed by atoms with E-state index < -0.39 is 0 Å². The lowest BCUT2D eigenvalue weighted by atomic mass is 10.1. The normalized spacial score (nSPS) is 8.21. The van der Waals surface area contributed by atoms with E-state index in [4.69, 9.17) is 4.74 Å². The zero-order valence-corrected chi connectivity index (χ0v) is 9.21. The van der Waals surface area contributed by atoms with Gasteiger partial charge in [0.2, 0.25) is 0 Å². The minimum Gasteiger partial charge on any atom is -0.497 e. The molecule has 0 heterocycles. The Morgan fingerprint density at radius 2 is 1.86 bits per heavy atom. The molecule has 0 bridgehead atoms. The van der Waals surface area contributed by atoms with Crippen LogP contribution in [0, 0.1) is 0 Å². The molecule has 1 rings (SSSR count). The van der Waals surface area contributed by atoms with Gasteiger partial charge in [0.15, 0.2) is 0 Å². The number of methoxy groups -OCH3 is 1. The maximum atomic E-state index is 5.04. The second-order valence-electron chi connectivity index (χ2n) is 2.42. The van der Waals surface area contributed by atoms with Crippen LogP contribution in [0.3, 0.4) is 0 Å². The zero-order chi connectivity index (χ0) is 11.0. The van der Waals surface area contributed by atoms with E-state index in [0.29, 0.717) is 5.76 Å². The first-order valence-electron chi connectivity index (χ1n) is 4.74. The Morgan fingerprint density at radius 1 is 1.29 bits per heavy atom. The standard InChI is InChI=1S/C11H12O.C2H6/c1-4-10-7-5-6-8-11(10)9(2)12-3;1-2/h4-8H,1-2H2,3H3;1-2H3. The smallest absolute Gasteiger partial charge is 0.119 e. The Hall–Kier alpha value is -1.50. The van der Waals surface area contributed by atoms with Gasteiger partial charge < -0.3 is 4.74 Å². The molecular weight excluding hydrogens is 172 g/mol. The average molecular weight is 190 g/mol. The van der Waals surface area contributed by atoms with Crippen molar-refractivity contribution in [3.63, 3.8) is 0 Å². The van der Waals surface area contributed by atoms with Crippen LogP contribution in [-0.4, -0.2) is 7.11 Å². The van der Waals surface area contributed by atoms with Crippen molar-refractivity contribution >= 4 is 11.8 Å². The molecule has 1 aromatic rings. The van der Waals surface area contributed by atoms with Crippen LogP contribution in [0.2, 0.25) is 0 Å². The highest BCUT2D eigenvalue weighted by Gasteiger charge is 2.00. The van der Waals surface area contributed by atoms with E-state index in [-0.39, 0.29) is 0 Å². The summed E-state index contributed by atoms with van der Waals surface area (Å²) in [5, 5.41) is 0. The van der Waals surface area contributed by atoms with E-state index in [0.717, 1.165) is 11.1 Å². The van der Waals surface area contributed by atoms with Crippen LogP contribution in [0.1, 0.15) is 25.0 Å². The molecule has 0 atom stereocenters. The molecule has 1 nitrogen and oxygen atoms in total. The Morgan fingerprint density at radius 3 is 2.36 bits per heavy atom. The topological polar surface area (TPSA) is 9.23 Å². The molecule has 14 heavy (non-hydrogen) atoms. The van der Waals surface area contributed by atoms with Gasteiger partial charge in [-0.15, -0.1) is 0 Å². The maximum Gasteiger partial charge on any atom is 0.119 e. The minimum absolute atomic E-state index is 0.672. The fourth-order valence-electron chi connectivity index (χ4n) is 1.04. The van der Waals surface area contributed by atoms with Crippen molar-refractivity contribution in [2.45, 2.75) is 13.8 Å². The molecule has 0 N–H and O–H groups in total. The van der Waals surface area contributed by atoms with Gasteiger partial charge in [-0.05, 0) is 5.56 Å². The molecule has 0 saturated carbocycles. The van der Waals surface area contributed by atoms with Gasteiger partial charge in [0.05, 0.1) is 7.11 Å². The predicted octanol–water partition coefficient (Wildman–Crippen LogP) is 3.97. The van der Waals surface area contributed by atoms with E-state index >= 15 is 0 Å². The van der Waals surface area contributed by atoms with Crippen molar-refractivity contribution in [1.82, 2.24) is 0 Å². The molecule has 0 aliphatic rings. The highest BCUT2D eigenvalue weighted by Crippen LogP contribution is 2.18. The number of benzene rings is 1. The first-order valence-corrected chi connectivity index (χ1v) is 4.74. The summed E-state index contributed by atoms with van der Waals surface area (Å²) in [5.74, 6) is 0.672. The third-order valence-corrected chi connectivity index (χ3v) is 1.73. The summed E-state index contributed by atoms with van der Waals surface area (Å²) in [7, 11) is 1.61. The number of ether oxygens (including phenoxy) is 1. The summed E-state index contributed by atoms with van der Waals surface area (Å²) >= 11 is 0. The Labute approximate surface area is 86.7 Å². The van der Waals surface area contributed by atoms with Gasteiger partial charge in [0.1, 0.15) is 5.76 Å². The molecule has 0 unspecified atom stereocenters. The molecule has 1 aromatic carbocycles. The van der Waals surface area contributed by atoms with Crippen molar-refractivity contribution in [3.05, 3.63) is 48.6 Å². The van der Waals surface area contributed by atoms with E-state index in [1.54, 1.807) is 13.2 Å². The summed E-state index contributed by atoms with van der Waals surface area (Å²) in [6.07, 6.45) is 1.79. The summed E-state index contributed by atoms with van der Waals surface area (Å²) in [5.41, 5.74) is 2.04. The second-order valence-corrected chi connectivity index (χ2v) is 2.42. The number of rotatable bonds is 3. The lowest BCUT2D eigenvalue weighted by Crippen LogP contribution is -1.88. The molecule has 76 valence electrons. The van der Waals surface area contributed by atoms with Crippen LogP contribution in [0.5, 0.6) is 0 Å². The van der Waals surface area contributed by atoms with Crippen LogP contribution in [0.15, 0.2) is 37.4 Å². The van der Waals surface area contributed by atoms with E-state index in [1.807, 2.05) is 38.1 Å². The SMILES string of the molecule is C=Cc1ccccc1C(=C)OC.CC. The van der Waals surface area contributed by atoms with Crippen LogP contribution >= 0.6 is 0 Å². The molecule has 0 aromatic heterocycles. The van der Waals surface area contributed by atoms with E-state index in [1.165, 1.54) is 0 Å². The van der Waals surface area contributed by atoms with Gasteiger partial charge >= 0.3 is 0 Å². The van der Waals surface area contributed by atoms with Gasteiger partial charge in [-0.25, -0.2) is 0 Å². The highest BCUT2D eigenvalue weighted by atomic mass is 16.5. The molecule has 0 amide bonds. The van der Waals surface area contributed by atoms with Crippen molar-refractivity contribution < 1.29 is 4.74 Å². The summed E-state index contributed by atoms with van der Waals surface area (Å²) in [6.45, 7) is 11.5. The van der Waals surface area contributed by atoms with Gasteiger partial charge in [0.25, 0.3) is 0 Å². The summed E-state index contributed by atoms with van der Waals surface area (Å²) in [6, 6.07) is 7.85. The van der Waals surface area contributed by atoms with Crippen molar-refractivity contribution in [3.8, 4) is 0 Å². The van der Waals surface area contributed by atoms with Crippen LogP contribution in [0.4, 0.5) is 0 Å². The predicted molar refractivity (Wildman–Crippen MR) is 63.9 cm³/mol. The lowest BCUT2D eigenvalue weighted by molar-refractivity contribution is 0.371. The zero-order valence-electron chi connectivity index (χ0n) is 9.21. The molecule has 0 saturated heterocycles. The number of hydrogen-bond donors (Lipinski definition) is 0. The fourth-order valence-corrected chi connectivity index (χ4v) is 1.04. The van der Waals surface area contributed by atoms with Gasteiger partial charge in [0, 0.05) is 5.56 Å². The fraction of sp³-hybridized carbons (Fsp3) is 0.231. The molecule has 0 spiro atoms. The summed E-state index contributed by atoms with van der Waals surface area (Å²) < 4.78 is 5.04. The first-order chi connectivity index (χ1) is 6.79. The van der Waals surface area contributed by atoms with Gasteiger partial charge in [-0.2, -0.15) is 0 Å². The molecule has 0 fully saturated rings. The third kappa shape index (κ3) is 3.09. The Bertz CT molecular complexity index is 300. The van der Waals surface area contributed by atoms with E-state index in [9.17, 15) is 0 Å². The first kappa shape index (κ1) is 12.5. The van der Waals surface area contributed by atoms with Crippen molar-refractivity contribution in [2.24, 2.45) is 0 Å². The van der Waals surface area contributed by atoms with Crippen molar-refractivity contribution in [1.29, 1.82) is 0 Å². The minimum atomic E-state index is 0.672. The Balaban J connectivity index is 0.000000791.